The van der Waals surface area contributed by atoms with E-state index in [1.807, 2.05) is 18.7 Å². The number of hydrogen-bond donors (Lipinski definition) is 1. The number of nitrogens with two attached hydrogens (primary N) is 1. The second-order valence-corrected chi connectivity index (χ2v) is 7.27. The molecule has 1 heterocycles. The number of sulfone groups is 1. The third kappa shape index (κ3) is 3.24. The minimum absolute atomic E-state index is 0.0195. The van der Waals surface area contributed by atoms with Crippen LogP contribution in [0.3, 0.4) is 0 Å². The normalized spacial score (nSPS) is 11.4. The first kappa shape index (κ1) is 16.8. The molecule has 1 aromatic rings. The molecule has 20 heavy (non-hydrogen) atoms. The van der Waals surface area contributed by atoms with Gasteiger partial charge in [-0.3, -0.25) is 0 Å². The minimum Gasteiger partial charge on any atom is -0.465 e. The Balaban J connectivity index is 3.53. The topological polar surface area (TPSA) is 89.7 Å². The van der Waals surface area contributed by atoms with E-state index in [-0.39, 0.29) is 15.5 Å². The Morgan fingerprint density at radius 2 is 2.00 bits per heavy atom. The maximum absolute atomic E-state index is 12.0. The molecule has 0 spiro atoms. The van der Waals surface area contributed by atoms with Crippen molar-refractivity contribution in [2.75, 3.05) is 37.1 Å². The summed E-state index contributed by atoms with van der Waals surface area (Å²) in [6, 6.07) is 0. The SMILES string of the molecule is CCCN(CC)c1sc(C(=O)OC)c(N)c1S(C)(=O)=O. The highest BCUT2D eigenvalue weighted by atomic mass is 32.2. The molecule has 0 aromatic carbocycles. The number of nitrogen functional groups attached to an aromatic ring is 1. The van der Waals surface area contributed by atoms with Crippen molar-refractivity contribution in [1.29, 1.82) is 0 Å². The van der Waals surface area contributed by atoms with E-state index in [9.17, 15) is 13.2 Å². The number of ether oxygens (including phenoxy) is 1. The summed E-state index contributed by atoms with van der Waals surface area (Å²) in [6.45, 7) is 5.26. The van der Waals surface area contributed by atoms with Gasteiger partial charge < -0.3 is 15.4 Å². The zero-order chi connectivity index (χ0) is 15.5. The molecule has 114 valence electrons. The summed E-state index contributed by atoms with van der Waals surface area (Å²) in [7, 11) is -2.28. The Hall–Kier alpha value is -1.28. The van der Waals surface area contributed by atoms with Gasteiger partial charge in [-0.15, -0.1) is 11.3 Å². The highest BCUT2D eigenvalue weighted by molar-refractivity contribution is 7.91. The molecule has 0 radical (unpaired) electrons. The molecule has 0 bridgehead atoms. The number of nitrogens with zero attached hydrogens (tertiary/aromatic N) is 1. The van der Waals surface area contributed by atoms with E-state index in [0.29, 0.717) is 18.1 Å². The van der Waals surface area contributed by atoms with Crippen LogP contribution in [0.5, 0.6) is 0 Å². The van der Waals surface area contributed by atoms with Crippen molar-refractivity contribution in [3.8, 4) is 0 Å². The summed E-state index contributed by atoms with van der Waals surface area (Å²) in [4.78, 5) is 13.8. The fourth-order valence-corrected chi connectivity index (χ4v) is 4.62. The Morgan fingerprint density at radius 1 is 1.40 bits per heavy atom. The standard InChI is InChI=1S/C12H20N2O4S2/c1-5-7-14(6-2)11-10(20(4,16)17)8(13)9(19-11)12(15)18-3/h5-7,13H2,1-4H3. The highest BCUT2D eigenvalue weighted by Gasteiger charge is 2.29. The number of thiophene rings is 1. The van der Waals surface area contributed by atoms with Gasteiger partial charge in [0.2, 0.25) is 0 Å². The first-order chi connectivity index (χ1) is 9.27. The fraction of sp³-hybridized carbons (Fsp3) is 0.583. The van der Waals surface area contributed by atoms with Gasteiger partial charge in [-0.25, -0.2) is 13.2 Å². The first-order valence-corrected chi connectivity index (χ1v) is 8.94. The third-order valence-electron chi connectivity index (χ3n) is 2.79. The number of methoxy groups -OCH3 is 1. The van der Waals surface area contributed by atoms with Gasteiger partial charge in [0.25, 0.3) is 0 Å². The van der Waals surface area contributed by atoms with E-state index in [1.54, 1.807) is 0 Å². The van der Waals surface area contributed by atoms with Gasteiger partial charge in [-0.05, 0) is 13.3 Å². The lowest BCUT2D eigenvalue weighted by atomic mass is 10.3. The molecule has 0 atom stereocenters. The van der Waals surface area contributed by atoms with E-state index >= 15 is 0 Å². The van der Waals surface area contributed by atoms with Crippen LogP contribution < -0.4 is 10.6 Å². The number of esters is 1. The molecular formula is C12H20N2O4S2. The van der Waals surface area contributed by atoms with Crippen molar-refractivity contribution in [1.82, 2.24) is 0 Å². The second-order valence-electron chi connectivity index (χ2n) is 4.32. The van der Waals surface area contributed by atoms with Crippen molar-refractivity contribution in [3.63, 3.8) is 0 Å². The van der Waals surface area contributed by atoms with Crippen molar-refractivity contribution in [2.45, 2.75) is 25.2 Å². The molecule has 0 fully saturated rings. The summed E-state index contributed by atoms with van der Waals surface area (Å²) in [5, 5.41) is 0.509. The molecule has 0 unspecified atom stereocenters. The van der Waals surface area contributed by atoms with E-state index < -0.39 is 15.8 Å². The summed E-state index contributed by atoms with van der Waals surface area (Å²) < 4.78 is 28.6. The molecule has 0 aliphatic heterocycles. The lowest BCUT2D eigenvalue weighted by Crippen LogP contribution is -2.24. The second kappa shape index (κ2) is 6.45. The predicted molar refractivity (Wildman–Crippen MR) is 81.4 cm³/mol. The number of hydrogen-bond acceptors (Lipinski definition) is 7. The van der Waals surface area contributed by atoms with Crippen LogP contribution in [0.2, 0.25) is 0 Å². The lowest BCUT2D eigenvalue weighted by molar-refractivity contribution is 0.0607. The largest absolute Gasteiger partial charge is 0.465 e. The van der Waals surface area contributed by atoms with Gasteiger partial charge in [0.15, 0.2) is 9.84 Å². The predicted octanol–water partition coefficient (Wildman–Crippen LogP) is 1.76. The average Bonchev–Trinajstić information content (AvgIpc) is 2.72. The van der Waals surface area contributed by atoms with Crippen LogP contribution in [-0.4, -0.2) is 40.8 Å². The highest BCUT2D eigenvalue weighted by Crippen LogP contribution is 2.41. The number of rotatable bonds is 6. The number of anilines is 2. The van der Waals surface area contributed by atoms with Gasteiger partial charge in [0.1, 0.15) is 14.8 Å². The van der Waals surface area contributed by atoms with E-state index in [0.717, 1.165) is 24.0 Å². The van der Waals surface area contributed by atoms with Crippen LogP contribution in [0.15, 0.2) is 4.90 Å². The van der Waals surface area contributed by atoms with Crippen LogP contribution >= 0.6 is 11.3 Å². The molecular weight excluding hydrogens is 300 g/mol. The molecule has 0 saturated carbocycles. The Labute approximate surface area is 123 Å². The molecule has 2 N–H and O–H groups in total. The van der Waals surface area contributed by atoms with E-state index in [2.05, 4.69) is 4.74 Å². The average molecular weight is 320 g/mol. The fourth-order valence-electron chi connectivity index (χ4n) is 1.90. The van der Waals surface area contributed by atoms with Crippen molar-refractivity contribution < 1.29 is 17.9 Å². The number of carbonyl (C=O) groups excluding carboxylic acids is 1. The summed E-state index contributed by atoms with van der Waals surface area (Å²) >= 11 is 1.07. The van der Waals surface area contributed by atoms with Gasteiger partial charge in [0.05, 0.1) is 12.8 Å². The molecule has 1 rings (SSSR count). The molecule has 0 saturated heterocycles. The van der Waals surface area contributed by atoms with Crippen LogP contribution in [0.25, 0.3) is 0 Å². The van der Waals surface area contributed by atoms with Crippen LogP contribution in [0.4, 0.5) is 10.7 Å². The quantitative estimate of drug-likeness (QED) is 0.803. The molecule has 6 nitrogen and oxygen atoms in total. The Bertz CT molecular complexity index is 593. The van der Waals surface area contributed by atoms with Crippen LogP contribution in [0.1, 0.15) is 29.9 Å². The lowest BCUT2D eigenvalue weighted by Gasteiger charge is -2.21. The van der Waals surface area contributed by atoms with Gasteiger partial charge in [-0.2, -0.15) is 0 Å². The summed E-state index contributed by atoms with van der Waals surface area (Å²) in [5.74, 6) is -0.615. The minimum atomic E-state index is -3.52. The van der Waals surface area contributed by atoms with Crippen molar-refractivity contribution >= 4 is 37.8 Å². The summed E-state index contributed by atoms with van der Waals surface area (Å²) in [6.07, 6.45) is 1.96. The van der Waals surface area contributed by atoms with E-state index in [4.69, 9.17) is 5.73 Å². The van der Waals surface area contributed by atoms with Gasteiger partial charge in [0, 0.05) is 19.3 Å². The molecule has 8 heteroatoms. The zero-order valence-electron chi connectivity index (χ0n) is 12.1. The van der Waals surface area contributed by atoms with Crippen LogP contribution in [-0.2, 0) is 14.6 Å². The van der Waals surface area contributed by atoms with Gasteiger partial charge in [-0.1, -0.05) is 6.92 Å². The molecule has 1 aromatic heterocycles. The smallest absolute Gasteiger partial charge is 0.350 e. The zero-order valence-corrected chi connectivity index (χ0v) is 13.7. The third-order valence-corrected chi connectivity index (χ3v) is 5.32. The van der Waals surface area contributed by atoms with Gasteiger partial charge >= 0.3 is 5.97 Å². The maximum atomic E-state index is 12.0. The monoisotopic (exact) mass is 320 g/mol. The maximum Gasteiger partial charge on any atom is 0.350 e. The van der Waals surface area contributed by atoms with Crippen molar-refractivity contribution in [3.05, 3.63) is 4.88 Å². The van der Waals surface area contributed by atoms with Crippen LogP contribution in [0, 0.1) is 0 Å². The summed E-state index contributed by atoms with van der Waals surface area (Å²) in [5.41, 5.74) is 5.84. The van der Waals surface area contributed by atoms with Crippen molar-refractivity contribution in [2.24, 2.45) is 0 Å². The van der Waals surface area contributed by atoms with E-state index in [1.165, 1.54) is 7.11 Å². The Kier molecular flexibility index (Phi) is 5.41. The molecule has 0 aliphatic rings. The Morgan fingerprint density at radius 3 is 2.40 bits per heavy atom. The number of carbonyl (C=O) groups is 1. The molecule has 0 aliphatic carbocycles. The first-order valence-electron chi connectivity index (χ1n) is 6.23. The molecule has 0 amide bonds.